The van der Waals surface area contributed by atoms with Gasteiger partial charge in [-0.1, -0.05) is 55.5 Å². The Morgan fingerprint density at radius 3 is 2.62 bits per heavy atom. The van der Waals surface area contributed by atoms with Crippen molar-refractivity contribution in [3.63, 3.8) is 0 Å². The largest absolute Gasteiger partial charge is 0.388 e. The molecule has 164 valence electrons. The monoisotopic (exact) mass is 428 g/mol. The van der Waals surface area contributed by atoms with Gasteiger partial charge in [-0.2, -0.15) is 0 Å². The Labute approximate surface area is 187 Å². The number of amidine groups is 1. The van der Waals surface area contributed by atoms with Gasteiger partial charge in [-0.3, -0.25) is 10.3 Å². The van der Waals surface area contributed by atoms with Crippen LogP contribution in [0.3, 0.4) is 0 Å². The zero-order chi connectivity index (χ0) is 22.7. The standard InChI is InChI=1S/C25H28N6O/c1-3-4-8-17-15-18(11-14-20(17)28-2)21-22(23(26)31(25(27)32)19-12-13-19)30-24(29-21)16-9-6-5-7-10-16/h4-11,14-15,19,26,28H,3,12-13H2,1-2H3,(H2,27,32)(H,29,30)/b8-4+,26-23?. The van der Waals surface area contributed by atoms with Crippen molar-refractivity contribution in [1.29, 1.82) is 5.41 Å². The number of allylic oxidation sites excluding steroid dienone is 1. The lowest BCUT2D eigenvalue weighted by Crippen LogP contribution is -2.42. The number of carbonyl (C=O) groups is 1. The molecular weight excluding hydrogens is 400 g/mol. The maximum Gasteiger partial charge on any atom is 0.320 e. The van der Waals surface area contributed by atoms with Gasteiger partial charge in [0, 0.05) is 29.9 Å². The highest BCUT2D eigenvalue weighted by Crippen LogP contribution is 2.33. The van der Waals surface area contributed by atoms with Gasteiger partial charge in [0.25, 0.3) is 0 Å². The van der Waals surface area contributed by atoms with Crippen LogP contribution in [0.5, 0.6) is 0 Å². The van der Waals surface area contributed by atoms with Crippen LogP contribution in [0, 0.1) is 5.41 Å². The highest BCUT2D eigenvalue weighted by atomic mass is 16.2. The van der Waals surface area contributed by atoms with Gasteiger partial charge >= 0.3 is 6.03 Å². The van der Waals surface area contributed by atoms with E-state index in [4.69, 9.17) is 16.1 Å². The van der Waals surface area contributed by atoms with Crippen molar-refractivity contribution in [1.82, 2.24) is 14.9 Å². The number of nitrogens with two attached hydrogens (primary N) is 1. The summed E-state index contributed by atoms with van der Waals surface area (Å²) in [5, 5.41) is 12.0. The highest BCUT2D eigenvalue weighted by molar-refractivity contribution is 6.08. The SMILES string of the molecule is CC/C=C/c1cc(-c2nc(-c3ccccc3)[nH]c2C(=N)N(C(N)=O)C2CC2)ccc1NC. The van der Waals surface area contributed by atoms with Gasteiger partial charge in [-0.25, -0.2) is 9.78 Å². The Hall–Kier alpha value is -3.87. The lowest BCUT2D eigenvalue weighted by atomic mass is 10.0. The highest BCUT2D eigenvalue weighted by Gasteiger charge is 2.36. The second kappa shape index (κ2) is 9.09. The van der Waals surface area contributed by atoms with Gasteiger partial charge < -0.3 is 16.0 Å². The Balaban J connectivity index is 1.85. The molecule has 0 bridgehead atoms. The molecule has 0 atom stereocenters. The Morgan fingerprint density at radius 2 is 2.00 bits per heavy atom. The van der Waals surface area contributed by atoms with Gasteiger partial charge in [0.15, 0.2) is 5.84 Å². The predicted octanol–water partition coefficient (Wildman–Crippen LogP) is 5.08. The van der Waals surface area contributed by atoms with Crippen molar-refractivity contribution < 1.29 is 4.79 Å². The first kappa shape index (κ1) is 21.4. The van der Waals surface area contributed by atoms with Crippen LogP contribution in [-0.2, 0) is 0 Å². The van der Waals surface area contributed by atoms with Gasteiger partial charge in [0.1, 0.15) is 17.2 Å². The van der Waals surface area contributed by atoms with E-state index in [0.29, 0.717) is 17.2 Å². The van der Waals surface area contributed by atoms with Crippen molar-refractivity contribution in [2.24, 2.45) is 5.73 Å². The van der Waals surface area contributed by atoms with E-state index in [1.54, 1.807) is 0 Å². The van der Waals surface area contributed by atoms with E-state index >= 15 is 0 Å². The summed E-state index contributed by atoms with van der Waals surface area (Å²) in [7, 11) is 1.89. The quantitative estimate of drug-likeness (QED) is 0.311. The van der Waals surface area contributed by atoms with Crippen LogP contribution >= 0.6 is 0 Å². The number of benzene rings is 2. The smallest absolute Gasteiger partial charge is 0.320 e. The Kier molecular flexibility index (Phi) is 6.07. The summed E-state index contributed by atoms with van der Waals surface area (Å²) in [5.41, 5.74) is 10.5. The molecule has 1 fully saturated rings. The molecule has 0 spiro atoms. The molecular formula is C25H28N6O. The number of nitrogens with one attached hydrogen (secondary N) is 3. The summed E-state index contributed by atoms with van der Waals surface area (Å²) in [4.78, 5) is 21.6. The van der Waals surface area contributed by atoms with Gasteiger partial charge in [0.05, 0.1) is 0 Å². The zero-order valence-electron chi connectivity index (χ0n) is 18.4. The molecule has 0 radical (unpaired) electrons. The van der Waals surface area contributed by atoms with Crippen LogP contribution in [0.4, 0.5) is 10.5 Å². The second-order valence-corrected chi connectivity index (χ2v) is 7.83. The minimum absolute atomic E-state index is 0.0222. The fourth-order valence-corrected chi connectivity index (χ4v) is 3.73. The number of hydrogen-bond donors (Lipinski definition) is 4. The third-order valence-corrected chi connectivity index (χ3v) is 5.51. The molecule has 1 aliphatic rings. The summed E-state index contributed by atoms with van der Waals surface area (Å²) in [6, 6.07) is 15.1. The molecule has 2 aromatic carbocycles. The maximum absolute atomic E-state index is 12.1. The third-order valence-electron chi connectivity index (χ3n) is 5.51. The molecule has 7 heteroatoms. The number of primary amides is 1. The molecule has 4 rings (SSSR count). The topological polar surface area (TPSA) is 111 Å². The van der Waals surface area contributed by atoms with Crippen molar-refractivity contribution in [3.8, 4) is 22.6 Å². The molecule has 32 heavy (non-hydrogen) atoms. The van der Waals surface area contributed by atoms with E-state index in [1.807, 2.05) is 55.6 Å². The number of aromatic amines is 1. The number of anilines is 1. The number of nitrogens with zero attached hydrogens (tertiary/aromatic N) is 2. The molecule has 0 aliphatic heterocycles. The summed E-state index contributed by atoms with van der Waals surface area (Å²) in [6.07, 6.45) is 6.81. The number of aromatic nitrogens is 2. The van der Waals surface area contributed by atoms with E-state index in [-0.39, 0.29) is 11.9 Å². The zero-order valence-corrected chi connectivity index (χ0v) is 18.4. The fraction of sp³-hybridized carbons (Fsp3) is 0.240. The summed E-state index contributed by atoms with van der Waals surface area (Å²) in [5.74, 6) is 0.692. The van der Waals surface area contributed by atoms with E-state index in [1.165, 1.54) is 4.90 Å². The number of carbonyl (C=O) groups excluding carboxylic acids is 1. The Morgan fingerprint density at radius 1 is 1.25 bits per heavy atom. The van der Waals surface area contributed by atoms with Crippen molar-refractivity contribution in [3.05, 3.63) is 65.9 Å². The molecule has 7 nitrogen and oxygen atoms in total. The minimum Gasteiger partial charge on any atom is -0.388 e. The lowest BCUT2D eigenvalue weighted by molar-refractivity contribution is 0.228. The fourth-order valence-electron chi connectivity index (χ4n) is 3.73. The van der Waals surface area contributed by atoms with Crippen molar-refractivity contribution in [2.75, 3.05) is 12.4 Å². The number of H-pyrrole nitrogens is 1. The van der Waals surface area contributed by atoms with Gasteiger partial charge in [-0.15, -0.1) is 0 Å². The number of hydrogen-bond acceptors (Lipinski definition) is 4. The molecule has 2 amide bonds. The summed E-state index contributed by atoms with van der Waals surface area (Å²) >= 11 is 0. The van der Waals surface area contributed by atoms with Crippen LogP contribution in [-0.4, -0.2) is 39.8 Å². The first-order chi connectivity index (χ1) is 15.5. The minimum atomic E-state index is -0.614. The number of imidazole rings is 1. The first-order valence-corrected chi connectivity index (χ1v) is 10.8. The van der Waals surface area contributed by atoms with Gasteiger partial charge in [0.2, 0.25) is 0 Å². The van der Waals surface area contributed by atoms with E-state index < -0.39 is 6.03 Å². The molecule has 1 heterocycles. The van der Waals surface area contributed by atoms with Crippen LogP contribution in [0.15, 0.2) is 54.6 Å². The van der Waals surface area contributed by atoms with Crippen LogP contribution in [0.2, 0.25) is 0 Å². The van der Waals surface area contributed by atoms with Crippen molar-refractivity contribution in [2.45, 2.75) is 32.2 Å². The average Bonchev–Trinajstić information content (AvgIpc) is 3.53. The molecule has 1 saturated carbocycles. The van der Waals surface area contributed by atoms with Gasteiger partial charge in [-0.05, 0) is 37.0 Å². The second-order valence-electron chi connectivity index (χ2n) is 7.83. The predicted molar refractivity (Wildman–Crippen MR) is 130 cm³/mol. The molecule has 0 saturated heterocycles. The molecule has 3 aromatic rings. The normalized spacial score (nSPS) is 13.3. The number of amides is 2. The van der Waals surface area contributed by atoms with E-state index in [9.17, 15) is 4.79 Å². The third kappa shape index (κ3) is 4.27. The van der Waals surface area contributed by atoms with Crippen LogP contribution in [0.25, 0.3) is 28.7 Å². The summed E-state index contributed by atoms with van der Waals surface area (Å²) < 4.78 is 0. The van der Waals surface area contributed by atoms with E-state index in [0.717, 1.165) is 41.6 Å². The Bertz CT molecular complexity index is 1160. The average molecular weight is 429 g/mol. The summed E-state index contributed by atoms with van der Waals surface area (Å²) in [6.45, 7) is 2.09. The van der Waals surface area contributed by atoms with Crippen LogP contribution in [0.1, 0.15) is 37.4 Å². The molecule has 1 aromatic heterocycles. The molecule has 5 N–H and O–H groups in total. The van der Waals surface area contributed by atoms with Crippen LogP contribution < -0.4 is 11.1 Å². The lowest BCUT2D eigenvalue weighted by Gasteiger charge is -2.20. The van der Waals surface area contributed by atoms with E-state index in [2.05, 4.69) is 29.4 Å². The number of rotatable bonds is 7. The number of urea groups is 1. The molecule has 0 unspecified atom stereocenters. The van der Waals surface area contributed by atoms with Crippen molar-refractivity contribution >= 4 is 23.6 Å². The first-order valence-electron chi connectivity index (χ1n) is 10.8. The maximum atomic E-state index is 12.1. The molecule has 1 aliphatic carbocycles.